The minimum absolute atomic E-state index is 0.915. The Morgan fingerprint density at radius 1 is 1.18 bits per heavy atom. The molecule has 0 amide bonds. The molecule has 1 nitrogen and oxygen atoms in total. The normalized spacial score (nSPS) is 9.71. The van der Waals surface area contributed by atoms with Crippen molar-refractivity contribution in [3.63, 3.8) is 0 Å². The van der Waals surface area contributed by atoms with Gasteiger partial charge in [-0.3, -0.25) is 0 Å². The first kappa shape index (κ1) is 11.5. The first-order chi connectivity index (χ1) is 8.34. The third-order valence-electron chi connectivity index (χ3n) is 2.57. The van der Waals surface area contributed by atoms with Crippen LogP contribution in [0.3, 0.4) is 0 Å². The molecule has 1 aromatic carbocycles. The molecule has 0 saturated carbocycles. The molecule has 1 heterocycles. The molecule has 0 fully saturated rings. The number of hydrogen-bond donors (Lipinski definition) is 0. The zero-order valence-electron chi connectivity index (χ0n) is 10.1. The van der Waals surface area contributed by atoms with Crippen LogP contribution in [0.25, 0.3) is 0 Å². The Hall–Kier alpha value is -1.94. The van der Waals surface area contributed by atoms with E-state index in [1.165, 1.54) is 5.56 Å². The molecule has 0 spiro atoms. The second-order valence-electron chi connectivity index (χ2n) is 4.09. The molecule has 0 aliphatic rings. The summed E-state index contributed by atoms with van der Waals surface area (Å²) < 4.78 is 5.19. The average molecular weight is 224 g/mol. The van der Waals surface area contributed by atoms with Gasteiger partial charge in [0.2, 0.25) is 0 Å². The Bertz CT molecular complexity index is 511. The van der Waals surface area contributed by atoms with Crippen LogP contribution in [0, 0.1) is 18.8 Å². The van der Waals surface area contributed by atoms with Gasteiger partial charge in [-0.1, -0.05) is 42.2 Å². The zero-order chi connectivity index (χ0) is 11.9. The molecule has 0 unspecified atom stereocenters. The first-order valence-corrected chi connectivity index (χ1v) is 5.92. The fraction of sp³-hybridized carbons (Fsp3) is 0.250. The number of aryl methyl sites for hydroxylation is 2. The molecule has 0 saturated heterocycles. The maximum Gasteiger partial charge on any atom is 0.106 e. The summed E-state index contributed by atoms with van der Waals surface area (Å²) in [6.07, 6.45) is 4.84. The molecule has 1 aromatic heterocycles. The number of unbranched alkanes of at least 4 members (excludes halogenated alkanes) is 1. The SMILES string of the molecule is Cc1cc(C#CCCCc2ccccc2)co1. The van der Waals surface area contributed by atoms with Gasteiger partial charge in [-0.2, -0.15) is 0 Å². The van der Waals surface area contributed by atoms with E-state index in [2.05, 4.69) is 36.1 Å². The molecule has 2 aromatic rings. The topological polar surface area (TPSA) is 13.1 Å². The summed E-state index contributed by atoms with van der Waals surface area (Å²) in [5, 5.41) is 0. The minimum Gasteiger partial charge on any atom is -0.468 e. The fourth-order valence-corrected chi connectivity index (χ4v) is 1.70. The number of furan rings is 1. The van der Waals surface area contributed by atoms with Crippen LogP contribution >= 0.6 is 0 Å². The van der Waals surface area contributed by atoms with Gasteiger partial charge >= 0.3 is 0 Å². The van der Waals surface area contributed by atoms with Crippen molar-refractivity contribution in [2.24, 2.45) is 0 Å². The maximum absolute atomic E-state index is 5.19. The highest BCUT2D eigenvalue weighted by Crippen LogP contribution is 2.06. The van der Waals surface area contributed by atoms with Crippen molar-refractivity contribution in [1.29, 1.82) is 0 Å². The number of hydrogen-bond acceptors (Lipinski definition) is 1. The van der Waals surface area contributed by atoms with E-state index in [-0.39, 0.29) is 0 Å². The fourth-order valence-electron chi connectivity index (χ4n) is 1.70. The number of rotatable bonds is 3. The molecule has 0 aliphatic heterocycles. The summed E-state index contributed by atoms with van der Waals surface area (Å²) in [7, 11) is 0. The van der Waals surface area contributed by atoms with Gasteiger partial charge in [0, 0.05) is 6.42 Å². The largest absolute Gasteiger partial charge is 0.468 e. The third-order valence-corrected chi connectivity index (χ3v) is 2.57. The zero-order valence-corrected chi connectivity index (χ0v) is 10.1. The predicted molar refractivity (Wildman–Crippen MR) is 69.7 cm³/mol. The van der Waals surface area contributed by atoms with Crippen molar-refractivity contribution in [1.82, 2.24) is 0 Å². The van der Waals surface area contributed by atoms with Crippen LogP contribution in [-0.4, -0.2) is 0 Å². The minimum atomic E-state index is 0.915. The van der Waals surface area contributed by atoms with Crippen LogP contribution in [0.1, 0.15) is 29.7 Å². The van der Waals surface area contributed by atoms with E-state index in [9.17, 15) is 0 Å². The van der Waals surface area contributed by atoms with Crippen LogP contribution < -0.4 is 0 Å². The second kappa shape index (κ2) is 5.96. The van der Waals surface area contributed by atoms with Gasteiger partial charge in [0.05, 0.1) is 5.56 Å². The summed E-state index contributed by atoms with van der Waals surface area (Å²) in [5.74, 6) is 7.20. The monoisotopic (exact) mass is 224 g/mol. The molecule has 0 radical (unpaired) electrons. The van der Waals surface area contributed by atoms with E-state index in [4.69, 9.17) is 4.42 Å². The molecular weight excluding hydrogens is 208 g/mol. The van der Waals surface area contributed by atoms with Gasteiger partial charge in [0.15, 0.2) is 0 Å². The molecular formula is C16H16O. The van der Waals surface area contributed by atoms with Crippen molar-refractivity contribution in [3.05, 3.63) is 59.5 Å². The molecule has 1 heteroatoms. The quantitative estimate of drug-likeness (QED) is 0.568. The highest BCUT2D eigenvalue weighted by Gasteiger charge is 1.92. The molecule has 0 aliphatic carbocycles. The van der Waals surface area contributed by atoms with Crippen LogP contribution in [0.4, 0.5) is 0 Å². The van der Waals surface area contributed by atoms with Crippen molar-refractivity contribution in [2.75, 3.05) is 0 Å². The van der Waals surface area contributed by atoms with E-state index in [0.29, 0.717) is 0 Å². The van der Waals surface area contributed by atoms with Crippen LogP contribution in [0.15, 0.2) is 47.1 Å². The van der Waals surface area contributed by atoms with Gasteiger partial charge < -0.3 is 4.42 Å². The average Bonchev–Trinajstić information content (AvgIpc) is 2.76. The molecule has 2 rings (SSSR count). The standard InChI is InChI=1S/C16H16O/c1-14-12-16(13-17-14)11-7-3-6-10-15-8-4-2-5-9-15/h2,4-5,8-9,12-13H,3,6,10H2,1H3. The lowest BCUT2D eigenvalue weighted by atomic mass is 10.1. The summed E-state index contributed by atoms with van der Waals surface area (Å²) in [6, 6.07) is 12.5. The van der Waals surface area contributed by atoms with Crippen molar-refractivity contribution in [2.45, 2.75) is 26.2 Å². The van der Waals surface area contributed by atoms with Gasteiger partial charge in [-0.15, -0.1) is 0 Å². The second-order valence-corrected chi connectivity index (χ2v) is 4.09. The maximum atomic E-state index is 5.19. The highest BCUT2D eigenvalue weighted by molar-refractivity contribution is 5.32. The van der Waals surface area contributed by atoms with E-state index >= 15 is 0 Å². The van der Waals surface area contributed by atoms with Crippen LogP contribution in [-0.2, 0) is 6.42 Å². The van der Waals surface area contributed by atoms with Gasteiger partial charge in [-0.25, -0.2) is 0 Å². The summed E-state index contributed by atoms with van der Waals surface area (Å²) >= 11 is 0. The predicted octanol–water partition coefficient (Wildman–Crippen LogP) is 3.96. The Balaban J connectivity index is 1.75. The van der Waals surface area contributed by atoms with E-state index < -0.39 is 0 Å². The van der Waals surface area contributed by atoms with Gasteiger partial charge in [0.25, 0.3) is 0 Å². The molecule has 86 valence electrons. The van der Waals surface area contributed by atoms with Gasteiger partial charge in [-0.05, 0) is 31.4 Å². The summed E-state index contributed by atoms with van der Waals surface area (Å²) in [4.78, 5) is 0. The lowest BCUT2D eigenvalue weighted by molar-refractivity contribution is 0.533. The third kappa shape index (κ3) is 3.85. The van der Waals surface area contributed by atoms with Crippen LogP contribution in [0.2, 0.25) is 0 Å². The van der Waals surface area contributed by atoms with E-state index in [0.717, 1.165) is 30.6 Å². The molecule has 17 heavy (non-hydrogen) atoms. The smallest absolute Gasteiger partial charge is 0.106 e. The Morgan fingerprint density at radius 2 is 2.00 bits per heavy atom. The van der Waals surface area contributed by atoms with Crippen molar-refractivity contribution < 1.29 is 4.42 Å². The lowest BCUT2D eigenvalue weighted by Gasteiger charge is -1.96. The Morgan fingerprint density at radius 3 is 2.71 bits per heavy atom. The van der Waals surface area contributed by atoms with E-state index in [1.54, 1.807) is 6.26 Å². The molecule has 0 bridgehead atoms. The summed E-state index contributed by atoms with van der Waals surface area (Å²) in [5.41, 5.74) is 2.36. The summed E-state index contributed by atoms with van der Waals surface area (Å²) in [6.45, 7) is 1.93. The van der Waals surface area contributed by atoms with Crippen molar-refractivity contribution in [3.8, 4) is 11.8 Å². The molecule has 0 atom stereocenters. The lowest BCUT2D eigenvalue weighted by Crippen LogP contribution is -1.83. The van der Waals surface area contributed by atoms with E-state index in [1.807, 2.05) is 19.1 Å². The first-order valence-electron chi connectivity index (χ1n) is 5.92. The Labute approximate surface area is 102 Å². The van der Waals surface area contributed by atoms with Gasteiger partial charge in [0.1, 0.15) is 12.0 Å². The number of benzene rings is 1. The van der Waals surface area contributed by atoms with Crippen LogP contribution in [0.5, 0.6) is 0 Å². The van der Waals surface area contributed by atoms with Crippen molar-refractivity contribution >= 4 is 0 Å². The molecule has 0 N–H and O–H groups in total. The Kier molecular flexibility index (Phi) is 4.05. The highest BCUT2D eigenvalue weighted by atomic mass is 16.3.